The molecule has 0 aromatic carbocycles. The van der Waals surface area contributed by atoms with E-state index >= 15 is 0 Å². The predicted molar refractivity (Wildman–Crippen MR) is 56.4 cm³/mol. The van der Waals surface area contributed by atoms with Crippen LogP contribution in [0.4, 0.5) is 0 Å². The smallest absolute Gasteiger partial charge is 0.126 e. The van der Waals surface area contributed by atoms with Crippen LogP contribution in [0.5, 0.6) is 0 Å². The number of hydrogen-bond acceptors (Lipinski definition) is 2. The second-order valence-electron chi connectivity index (χ2n) is 4.20. The maximum atomic E-state index is 9.47. The van der Waals surface area contributed by atoms with Crippen molar-refractivity contribution in [3.8, 4) is 0 Å². The van der Waals surface area contributed by atoms with E-state index in [0.29, 0.717) is 6.61 Å². The van der Waals surface area contributed by atoms with E-state index in [1.807, 2.05) is 0 Å². The van der Waals surface area contributed by atoms with Gasteiger partial charge in [0, 0.05) is 6.61 Å². The molecule has 3 nitrogen and oxygen atoms in total. The molecule has 0 aliphatic heterocycles. The van der Waals surface area contributed by atoms with Gasteiger partial charge in [0.05, 0.1) is 27.7 Å². The Bertz CT molecular complexity index is 110. The first-order chi connectivity index (χ1) is 5.45. The first kappa shape index (κ1) is 15.4. The summed E-state index contributed by atoms with van der Waals surface area (Å²) in [6.07, 6.45) is 0.674. The van der Waals surface area contributed by atoms with Crippen molar-refractivity contribution in [2.75, 3.05) is 40.9 Å². The average Bonchev–Trinajstić information content (AvgIpc) is 1.84. The van der Waals surface area contributed by atoms with E-state index in [-0.39, 0.29) is 13.5 Å². The Morgan fingerprint density at radius 2 is 1.85 bits per heavy atom. The van der Waals surface area contributed by atoms with Gasteiger partial charge in [0.1, 0.15) is 12.6 Å². The number of nitrogens with zero attached hydrogens (tertiary/aromatic N) is 1. The fourth-order valence-corrected chi connectivity index (χ4v) is 1.05. The fourth-order valence-electron chi connectivity index (χ4n) is 1.05. The number of aliphatic hydroxyl groups is 1. The molecular weight excluding hydrogens is 166 g/mol. The zero-order chi connectivity index (χ0) is 9.61. The van der Waals surface area contributed by atoms with Gasteiger partial charge in [-0.3, -0.25) is 0 Å². The first-order valence-corrected chi connectivity index (χ1v) is 4.52. The quantitative estimate of drug-likeness (QED) is 0.384. The fraction of sp³-hybridized carbons (Fsp3) is 0.900. The summed E-state index contributed by atoms with van der Waals surface area (Å²) in [6.45, 7) is 4.01. The van der Waals surface area contributed by atoms with E-state index in [1.165, 1.54) is 0 Å². The van der Waals surface area contributed by atoms with Crippen molar-refractivity contribution in [3.05, 3.63) is 7.43 Å². The van der Waals surface area contributed by atoms with Gasteiger partial charge in [-0.15, -0.1) is 0 Å². The SMILES string of the molecule is CCCOCC(O)C[N+](C)(C)C.[CH3-]. The van der Waals surface area contributed by atoms with Crippen molar-refractivity contribution < 1.29 is 14.3 Å². The standard InChI is InChI=1S/C9H22NO2.CH3/c1-5-6-12-8-9(11)7-10(2,3)4;/h9,11H,5-8H2,1-4H3;1H3/q+1;-1. The van der Waals surface area contributed by atoms with Crippen molar-refractivity contribution in [1.82, 2.24) is 0 Å². The number of hydrogen-bond donors (Lipinski definition) is 1. The van der Waals surface area contributed by atoms with Crippen molar-refractivity contribution in [2.24, 2.45) is 0 Å². The van der Waals surface area contributed by atoms with Crippen LogP contribution in [-0.4, -0.2) is 56.6 Å². The molecule has 0 fully saturated rings. The largest absolute Gasteiger partial charge is 0.385 e. The molecule has 0 amide bonds. The van der Waals surface area contributed by atoms with Crippen LogP contribution < -0.4 is 0 Å². The highest BCUT2D eigenvalue weighted by Gasteiger charge is 2.14. The predicted octanol–water partition coefficient (Wildman–Crippen LogP) is 0.930. The molecule has 0 aromatic rings. The maximum Gasteiger partial charge on any atom is 0.126 e. The molecular formula is C10H25NO2. The molecule has 0 saturated heterocycles. The van der Waals surface area contributed by atoms with Crippen molar-refractivity contribution in [3.63, 3.8) is 0 Å². The Morgan fingerprint density at radius 3 is 2.23 bits per heavy atom. The summed E-state index contributed by atoms with van der Waals surface area (Å²) in [6, 6.07) is 0. The van der Waals surface area contributed by atoms with Gasteiger partial charge < -0.3 is 21.8 Å². The summed E-state index contributed by atoms with van der Waals surface area (Å²) < 4.78 is 6.00. The molecule has 1 N–H and O–H groups in total. The molecule has 0 heterocycles. The second-order valence-corrected chi connectivity index (χ2v) is 4.20. The van der Waals surface area contributed by atoms with Gasteiger partial charge >= 0.3 is 0 Å². The molecule has 0 rings (SSSR count). The third kappa shape index (κ3) is 11.9. The number of aliphatic hydroxyl groups excluding tert-OH is 1. The highest BCUT2D eigenvalue weighted by molar-refractivity contribution is 4.50. The summed E-state index contributed by atoms with van der Waals surface area (Å²) in [4.78, 5) is 0. The minimum absolute atomic E-state index is 0. The minimum Gasteiger partial charge on any atom is -0.385 e. The Morgan fingerprint density at radius 1 is 1.31 bits per heavy atom. The minimum atomic E-state index is -0.337. The molecule has 0 saturated carbocycles. The van der Waals surface area contributed by atoms with E-state index < -0.39 is 0 Å². The third-order valence-electron chi connectivity index (χ3n) is 1.42. The van der Waals surface area contributed by atoms with Crippen molar-refractivity contribution in [2.45, 2.75) is 19.4 Å². The molecule has 82 valence electrons. The lowest BCUT2D eigenvalue weighted by Gasteiger charge is -2.26. The summed E-state index contributed by atoms with van der Waals surface area (Å²) in [5.74, 6) is 0. The van der Waals surface area contributed by atoms with Gasteiger partial charge in [-0.1, -0.05) is 6.92 Å². The molecule has 1 atom stereocenters. The molecule has 0 spiro atoms. The lowest BCUT2D eigenvalue weighted by Crippen LogP contribution is -2.43. The van der Waals surface area contributed by atoms with E-state index in [4.69, 9.17) is 4.74 Å². The highest BCUT2D eigenvalue weighted by Crippen LogP contribution is 1.95. The maximum absolute atomic E-state index is 9.47. The zero-order valence-electron chi connectivity index (χ0n) is 9.71. The average molecular weight is 191 g/mol. The van der Waals surface area contributed by atoms with Gasteiger partial charge in [0.2, 0.25) is 0 Å². The first-order valence-electron chi connectivity index (χ1n) is 4.52. The highest BCUT2D eigenvalue weighted by atomic mass is 16.5. The molecule has 0 aromatic heterocycles. The van der Waals surface area contributed by atoms with E-state index in [9.17, 15) is 5.11 Å². The van der Waals surface area contributed by atoms with Gasteiger partial charge in [-0.25, -0.2) is 0 Å². The normalized spacial score (nSPS) is 13.6. The van der Waals surface area contributed by atoms with Gasteiger partial charge in [-0.05, 0) is 6.42 Å². The topological polar surface area (TPSA) is 29.5 Å². The Labute approximate surface area is 82.9 Å². The summed E-state index contributed by atoms with van der Waals surface area (Å²) in [5, 5.41) is 9.47. The van der Waals surface area contributed by atoms with Crippen LogP contribution in [-0.2, 0) is 4.74 Å². The lowest BCUT2D eigenvalue weighted by molar-refractivity contribution is -0.873. The van der Waals surface area contributed by atoms with Crippen LogP contribution in [0.15, 0.2) is 0 Å². The van der Waals surface area contributed by atoms with Gasteiger partial charge in [-0.2, -0.15) is 0 Å². The number of ether oxygens (including phenoxy) is 1. The lowest BCUT2D eigenvalue weighted by atomic mass is 10.3. The third-order valence-corrected chi connectivity index (χ3v) is 1.42. The second kappa shape index (κ2) is 7.30. The zero-order valence-corrected chi connectivity index (χ0v) is 9.71. The summed E-state index contributed by atoms with van der Waals surface area (Å²) >= 11 is 0. The van der Waals surface area contributed by atoms with E-state index in [2.05, 4.69) is 28.1 Å². The Balaban J connectivity index is 0. The monoisotopic (exact) mass is 191 g/mol. The number of likely N-dealkylation sites (N-methyl/N-ethyl adjacent to an activating group) is 1. The van der Waals surface area contributed by atoms with Gasteiger partial charge in [0.15, 0.2) is 0 Å². The Hall–Kier alpha value is -0.120. The summed E-state index contributed by atoms with van der Waals surface area (Å²) in [5.41, 5.74) is 0. The number of rotatable bonds is 6. The van der Waals surface area contributed by atoms with Crippen LogP contribution in [0.2, 0.25) is 0 Å². The molecule has 1 unspecified atom stereocenters. The van der Waals surface area contributed by atoms with Gasteiger partial charge in [0.25, 0.3) is 0 Å². The van der Waals surface area contributed by atoms with Crippen LogP contribution in [0, 0.1) is 7.43 Å². The molecule has 3 heteroatoms. The molecule has 0 aliphatic carbocycles. The molecule has 0 bridgehead atoms. The van der Waals surface area contributed by atoms with Crippen LogP contribution in [0.25, 0.3) is 0 Å². The Kier molecular flexibility index (Phi) is 8.62. The van der Waals surface area contributed by atoms with Crippen molar-refractivity contribution in [1.29, 1.82) is 0 Å². The van der Waals surface area contributed by atoms with Crippen LogP contribution >= 0.6 is 0 Å². The number of quaternary nitrogens is 1. The molecule has 13 heavy (non-hydrogen) atoms. The van der Waals surface area contributed by atoms with Crippen LogP contribution in [0.1, 0.15) is 13.3 Å². The van der Waals surface area contributed by atoms with Crippen LogP contribution in [0.3, 0.4) is 0 Å². The molecule has 0 aliphatic rings. The van der Waals surface area contributed by atoms with Crippen molar-refractivity contribution >= 4 is 0 Å². The van der Waals surface area contributed by atoms with E-state index in [1.54, 1.807) is 0 Å². The van der Waals surface area contributed by atoms with E-state index in [0.717, 1.165) is 24.1 Å². The summed E-state index contributed by atoms with van der Waals surface area (Å²) in [7, 11) is 6.18. The molecule has 0 radical (unpaired) electrons.